The molecule has 0 bridgehead atoms. The van der Waals surface area contributed by atoms with Gasteiger partial charge in [0.05, 0.1) is 18.8 Å². The average molecular weight is 350 g/mol. The minimum absolute atomic E-state index is 0.00797. The molecule has 1 aliphatic rings. The Labute approximate surface area is 145 Å². The van der Waals surface area contributed by atoms with Crippen molar-refractivity contribution >= 4 is 17.6 Å². The van der Waals surface area contributed by atoms with E-state index in [0.29, 0.717) is 24.1 Å². The van der Waals surface area contributed by atoms with Crippen LogP contribution in [0.5, 0.6) is 5.88 Å². The Kier molecular flexibility index (Phi) is 5.20. The van der Waals surface area contributed by atoms with Crippen molar-refractivity contribution < 1.29 is 9.53 Å². The molecule has 2 aromatic heterocycles. The predicted molar refractivity (Wildman–Crippen MR) is 90.2 cm³/mol. The number of carbonyl (C=O) groups excluding carboxylic acids is 1. The Morgan fingerprint density at radius 3 is 3.25 bits per heavy atom. The van der Waals surface area contributed by atoms with Gasteiger partial charge in [-0.15, -0.1) is 0 Å². The lowest BCUT2D eigenvalue weighted by atomic mass is 9.93. The highest BCUT2D eigenvalue weighted by Crippen LogP contribution is 2.28. The van der Waals surface area contributed by atoms with Crippen LogP contribution in [0.15, 0.2) is 24.5 Å². The molecule has 0 aromatic carbocycles. The number of nitrogens with one attached hydrogen (secondary N) is 2. The first kappa shape index (κ1) is 16.6. The van der Waals surface area contributed by atoms with Crippen molar-refractivity contribution in [1.82, 2.24) is 25.4 Å². The summed E-state index contributed by atoms with van der Waals surface area (Å²) in [5, 5.41) is 10.5. The van der Waals surface area contributed by atoms with Gasteiger partial charge in [0.1, 0.15) is 11.6 Å². The van der Waals surface area contributed by atoms with E-state index in [1.165, 1.54) is 5.69 Å². The minimum atomic E-state index is -0.215. The SMILES string of the molecule is Cn1ncc2c1CCCC2NC(=O)NCCOc1ncccc1Cl. The van der Waals surface area contributed by atoms with Gasteiger partial charge < -0.3 is 15.4 Å². The van der Waals surface area contributed by atoms with Crippen LogP contribution in [0.1, 0.15) is 30.1 Å². The Balaban J connectivity index is 1.44. The number of nitrogens with zero attached hydrogens (tertiary/aromatic N) is 3. The van der Waals surface area contributed by atoms with Gasteiger partial charge >= 0.3 is 6.03 Å². The number of ether oxygens (including phenoxy) is 1. The fraction of sp³-hybridized carbons (Fsp3) is 0.438. The second-order valence-electron chi connectivity index (χ2n) is 5.65. The monoisotopic (exact) mass is 349 g/mol. The van der Waals surface area contributed by atoms with E-state index in [1.807, 2.05) is 17.9 Å². The lowest BCUT2D eigenvalue weighted by Gasteiger charge is -2.23. The summed E-state index contributed by atoms with van der Waals surface area (Å²) in [7, 11) is 1.93. The van der Waals surface area contributed by atoms with Crippen LogP contribution < -0.4 is 15.4 Å². The molecule has 128 valence electrons. The van der Waals surface area contributed by atoms with Crippen LogP contribution in [0, 0.1) is 0 Å². The summed E-state index contributed by atoms with van der Waals surface area (Å²) in [5.74, 6) is 0.369. The zero-order valence-electron chi connectivity index (χ0n) is 13.5. The first-order chi connectivity index (χ1) is 11.6. The highest BCUT2D eigenvalue weighted by atomic mass is 35.5. The Hall–Kier alpha value is -2.28. The molecule has 1 unspecified atom stereocenters. The number of hydrogen-bond donors (Lipinski definition) is 2. The van der Waals surface area contributed by atoms with Crippen molar-refractivity contribution in [3.8, 4) is 5.88 Å². The van der Waals surface area contributed by atoms with Gasteiger partial charge in [-0.25, -0.2) is 9.78 Å². The summed E-state index contributed by atoms with van der Waals surface area (Å²) in [5.41, 5.74) is 2.30. The van der Waals surface area contributed by atoms with Crippen LogP contribution in [0.2, 0.25) is 5.02 Å². The second-order valence-corrected chi connectivity index (χ2v) is 6.06. The maximum absolute atomic E-state index is 12.1. The quantitative estimate of drug-likeness (QED) is 0.811. The van der Waals surface area contributed by atoms with E-state index in [4.69, 9.17) is 16.3 Å². The van der Waals surface area contributed by atoms with Gasteiger partial charge in [0, 0.05) is 24.5 Å². The molecule has 0 saturated heterocycles. The molecule has 0 radical (unpaired) electrons. The molecule has 2 N–H and O–H groups in total. The predicted octanol–water partition coefficient (Wildman–Crippen LogP) is 2.22. The Bertz CT molecular complexity index is 718. The number of aromatic nitrogens is 3. The van der Waals surface area contributed by atoms with Crippen molar-refractivity contribution in [3.05, 3.63) is 40.8 Å². The van der Waals surface area contributed by atoms with E-state index in [9.17, 15) is 4.79 Å². The summed E-state index contributed by atoms with van der Waals surface area (Å²) in [6, 6.07) is 3.23. The molecule has 2 aromatic rings. The lowest BCUT2D eigenvalue weighted by molar-refractivity contribution is 0.230. The smallest absolute Gasteiger partial charge is 0.315 e. The van der Waals surface area contributed by atoms with Gasteiger partial charge in [-0.2, -0.15) is 5.10 Å². The first-order valence-electron chi connectivity index (χ1n) is 7.93. The highest BCUT2D eigenvalue weighted by molar-refractivity contribution is 6.31. The normalized spacial score (nSPS) is 16.3. The molecule has 7 nitrogen and oxygen atoms in total. The van der Waals surface area contributed by atoms with Crippen LogP contribution in [0.4, 0.5) is 4.79 Å². The van der Waals surface area contributed by atoms with E-state index in [-0.39, 0.29) is 12.1 Å². The topological polar surface area (TPSA) is 81.1 Å². The maximum atomic E-state index is 12.1. The van der Waals surface area contributed by atoms with E-state index in [1.54, 1.807) is 18.3 Å². The number of hydrogen-bond acceptors (Lipinski definition) is 4. The van der Waals surface area contributed by atoms with Crippen LogP contribution in [0.25, 0.3) is 0 Å². The van der Waals surface area contributed by atoms with Gasteiger partial charge in [-0.1, -0.05) is 11.6 Å². The second kappa shape index (κ2) is 7.53. The van der Waals surface area contributed by atoms with Crippen molar-refractivity contribution in [2.24, 2.45) is 7.05 Å². The molecule has 3 rings (SSSR count). The third-order valence-electron chi connectivity index (χ3n) is 4.03. The fourth-order valence-electron chi connectivity index (χ4n) is 2.86. The molecule has 0 spiro atoms. The van der Waals surface area contributed by atoms with Crippen LogP contribution in [-0.4, -0.2) is 33.9 Å². The molecule has 8 heteroatoms. The van der Waals surface area contributed by atoms with Crippen molar-refractivity contribution in [3.63, 3.8) is 0 Å². The van der Waals surface area contributed by atoms with Gasteiger partial charge in [-0.3, -0.25) is 4.68 Å². The van der Waals surface area contributed by atoms with Gasteiger partial charge in [-0.05, 0) is 31.4 Å². The summed E-state index contributed by atoms with van der Waals surface area (Å²) < 4.78 is 7.32. The zero-order valence-corrected chi connectivity index (χ0v) is 14.2. The molecule has 0 aliphatic heterocycles. The molecule has 1 atom stereocenters. The van der Waals surface area contributed by atoms with Crippen LogP contribution in [-0.2, 0) is 13.5 Å². The number of pyridine rings is 1. The standard InChI is InChI=1S/C16H20ClN5O2/c1-22-14-6-2-5-13(11(14)10-20-22)21-16(23)19-8-9-24-15-12(17)4-3-7-18-15/h3-4,7,10,13H,2,5-6,8-9H2,1H3,(H2,19,21,23). The lowest BCUT2D eigenvalue weighted by Crippen LogP contribution is -2.40. The third-order valence-corrected chi connectivity index (χ3v) is 4.32. The number of carbonyl (C=O) groups is 1. The summed E-state index contributed by atoms with van der Waals surface area (Å²) >= 11 is 5.95. The van der Waals surface area contributed by atoms with Gasteiger partial charge in [0.2, 0.25) is 5.88 Å². The molecule has 24 heavy (non-hydrogen) atoms. The van der Waals surface area contributed by atoms with Crippen LogP contribution in [0.3, 0.4) is 0 Å². The Morgan fingerprint density at radius 2 is 2.42 bits per heavy atom. The van der Waals surface area contributed by atoms with E-state index in [0.717, 1.165) is 24.8 Å². The summed E-state index contributed by atoms with van der Waals surface area (Å²) in [6.07, 6.45) is 6.41. The largest absolute Gasteiger partial charge is 0.475 e. The molecule has 1 aliphatic carbocycles. The van der Waals surface area contributed by atoms with E-state index < -0.39 is 0 Å². The summed E-state index contributed by atoms with van der Waals surface area (Å²) in [4.78, 5) is 16.1. The maximum Gasteiger partial charge on any atom is 0.315 e. The van der Waals surface area contributed by atoms with Crippen molar-refractivity contribution in [2.45, 2.75) is 25.3 Å². The molecular weight excluding hydrogens is 330 g/mol. The van der Waals surface area contributed by atoms with Crippen LogP contribution >= 0.6 is 11.6 Å². The van der Waals surface area contributed by atoms with Crippen molar-refractivity contribution in [1.29, 1.82) is 0 Å². The number of halogens is 1. The number of aryl methyl sites for hydroxylation is 1. The number of amides is 2. The van der Waals surface area contributed by atoms with E-state index >= 15 is 0 Å². The molecular formula is C16H20ClN5O2. The van der Waals surface area contributed by atoms with Gasteiger partial charge in [0.25, 0.3) is 0 Å². The fourth-order valence-corrected chi connectivity index (χ4v) is 3.03. The highest BCUT2D eigenvalue weighted by Gasteiger charge is 2.24. The summed E-state index contributed by atoms with van der Waals surface area (Å²) in [6.45, 7) is 0.665. The molecule has 0 saturated carbocycles. The molecule has 2 heterocycles. The van der Waals surface area contributed by atoms with Gasteiger partial charge in [0.15, 0.2) is 0 Å². The minimum Gasteiger partial charge on any atom is -0.475 e. The molecule has 2 amide bonds. The number of fused-ring (bicyclic) bond motifs is 1. The number of urea groups is 1. The van der Waals surface area contributed by atoms with E-state index in [2.05, 4.69) is 20.7 Å². The third kappa shape index (κ3) is 3.79. The Morgan fingerprint density at radius 1 is 1.54 bits per heavy atom. The molecule has 0 fully saturated rings. The average Bonchev–Trinajstić information content (AvgIpc) is 2.96. The first-order valence-corrected chi connectivity index (χ1v) is 8.31. The number of rotatable bonds is 5. The van der Waals surface area contributed by atoms with Crippen molar-refractivity contribution in [2.75, 3.05) is 13.2 Å². The zero-order chi connectivity index (χ0) is 16.9.